The zero-order valence-electron chi connectivity index (χ0n) is 18.8. The molecule has 1 atom stereocenters. The van der Waals surface area contributed by atoms with Gasteiger partial charge in [-0.1, -0.05) is 12.1 Å². The van der Waals surface area contributed by atoms with E-state index < -0.39 is 0 Å². The third kappa shape index (κ3) is 7.70. The fourth-order valence-corrected chi connectivity index (χ4v) is 3.73. The fourth-order valence-electron chi connectivity index (χ4n) is 3.73. The van der Waals surface area contributed by atoms with Crippen LogP contribution >= 0.6 is 24.0 Å². The van der Waals surface area contributed by atoms with E-state index in [0.29, 0.717) is 37.4 Å². The van der Waals surface area contributed by atoms with Crippen molar-refractivity contribution in [3.05, 3.63) is 35.4 Å². The second-order valence-electron chi connectivity index (χ2n) is 7.77. The number of amides is 2. The summed E-state index contributed by atoms with van der Waals surface area (Å²) in [6, 6.07) is 7.00. The number of hydrogen-bond donors (Lipinski definition) is 2. The first-order valence-corrected chi connectivity index (χ1v) is 11.4. The number of carbonyl (C=O) groups is 2. The van der Waals surface area contributed by atoms with Gasteiger partial charge in [0.1, 0.15) is 0 Å². The van der Waals surface area contributed by atoms with E-state index in [-0.39, 0.29) is 41.9 Å². The van der Waals surface area contributed by atoms with Crippen LogP contribution in [0.5, 0.6) is 0 Å². The number of halogens is 1. The molecular formula is C23H35IN4O4. The van der Waals surface area contributed by atoms with Crippen LogP contribution in [-0.2, 0) is 9.47 Å². The van der Waals surface area contributed by atoms with Crippen LogP contribution in [0.3, 0.4) is 0 Å². The molecule has 9 heteroatoms. The lowest BCUT2D eigenvalue weighted by molar-refractivity contribution is 0.0171. The molecule has 0 aliphatic carbocycles. The topological polar surface area (TPSA) is 92.3 Å². The van der Waals surface area contributed by atoms with Gasteiger partial charge in [0.05, 0.1) is 23.8 Å². The largest absolute Gasteiger partial charge is 0.379 e. The normalized spacial score (nSPS) is 18.0. The van der Waals surface area contributed by atoms with E-state index in [1.54, 1.807) is 24.3 Å². The molecule has 0 bridgehead atoms. The molecule has 0 radical (unpaired) electrons. The number of fused-ring (bicyclic) bond motifs is 1. The van der Waals surface area contributed by atoms with Gasteiger partial charge >= 0.3 is 0 Å². The minimum Gasteiger partial charge on any atom is -0.379 e. The molecular weight excluding hydrogens is 523 g/mol. The van der Waals surface area contributed by atoms with Crippen molar-refractivity contribution in [3.8, 4) is 0 Å². The molecule has 2 heterocycles. The van der Waals surface area contributed by atoms with Crippen LogP contribution in [0.25, 0.3) is 0 Å². The minimum absolute atomic E-state index is 0. The average Bonchev–Trinajstić information content (AvgIpc) is 3.38. The summed E-state index contributed by atoms with van der Waals surface area (Å²) in [7, 11) is 0. The number of rotatable bonds is 12. The van der Waals surface area contributed by atoms with E-state index in [1.165, 1.54) is 4.90 Å². The highest BCUT2D eigenvalue weighted by molar-refractivity contribution is 14.0. The lowest BCUT2D eigenvalue weighted by Gasteiger charge is -2.15. The van der Waals surface area contributed by atoms with Gasteiger partial charge in [-0.05, 0) is 51.2 Å². The Labute approximate surface area is 207 Å². The van der Waals surface area contributed by atoms with Gasteiger partial charge in [-0.3, -0.25) is 19.5 Å². The van der Waals surface area contributed by atoms with Crippen LogP contribution < -0.4 is 10.6 Å². The molecule has 1 fully saturated rings. The molecule has 0 saturated carbocycles. The second kappa shape index (κ2) is 14.4. The maximum absolute atomic E-state index is 12.4. The standard InChI is InChI=1S/C23H34N4O4.HI/c1-2-24-23(26-13-8-15-30-17-18-9-7-16-31-18)25-12-5-6-14-27-21(28)19-10-3-4-11-20(19)22(27)29;/h3-4,10-11,18H,2,5-9,12-17H2,1H3,(H2,24,25,26);1H. The van der Waals surface area contributed by atoms with Gasteiger partial charge in [-0.25, -0.2) is 0 Å². The summed E-state index contributed by atoms with van der Waals surface area (Å²) in [6.45, 7) is 6.89. The molecule has 2 aliphatic heterocycles. The number of ether oxygens (including phenoxy) is 2. The molecule has 1 saturated heterocycles. The van der Waals surface area contributed by atoms with Crippen LogP contribution in [0.1, 0.15) is 59.7 Å². The molecule has 32 heavy (non-hydrogen) atoms. The Morgan fingerprint density at radius 1 is 1.16 bits per heavy atom. The zero-order chi connectivity index (χ0) is 21.9. The van der Waals surface area contributed by atoms with Crippen LogP contribution in [-0.4, -0.2) is 74.8 Å². The zero-order valence-corrected chi connectivity index (χ0v) is 21.1. The first-order chi connectivity index (χ1) is 15.2. The van der Waals surface area contributed by atoms with Gasteiger partial charge in [0.15, 0.2) is 5.96 Å². The highest BCUT2D eigenvalue weighted by Gasteiger charge is 2.34. The summed E-state index contributed by atoms with van der Waals surface area (Å²) in [4.78, 5) is 30.7. The van der Waals surface area contributed by atoms with Crippen LogP contribution in [0.2, 0.25) is 0 Å². The molecule has 178 valence electrons. The number of nitrogens with zero attached hydrogens (tertiary/aromatic N) is 2. The molecule has 0 aromatic heterocycles. The van der Waals surface area contributed by atoms with Crippen molar-refractivity contribution in [1.82, 2.24) is 15.5 Å². The van der Waals surface area contributed by atoms with E-state index in [4.69, 9.17) is 9.47 Å². The van der Waals surface area contributed by atoms with E-state index in [0.717, 1.165) is 57.8 Å². The quantitative estimate of drug-likeness (QED) is 0.135. The molecule has 2 N–H and O–H groups in total. The second-order valence-corrected chi connectivity index (χ2v) is 7.77. The molecule has 8 nitrogen and oxygen atoms in total. The predicted molar refractivity (Wildman–Crippen MR) is 135 cm³/mol. The van der Waals surface area contributed by atoms with Gasteiger partial charge in [0.25, 0.3) is 11.8 Å². The summed E-state index contributed by atoms with van der Waals surface area (Å²) in [6.07, 6.45) is 4.94. The number of nitrogens with one attached hydrogen (secondary N) is 2. The summed E-state index contributed by atoms with van der Waals surface area (Å²) >= 11 is 0. The van der Waals surface area contributed by atoms with E-state index in [9.17, 15) is 9.59 Å². The summed E-state index contributed by atoms with van der Waals surface area (Å²) in [5, 5.41) is 6.55. The Morgan fingerprint density at radius 3 is 2.56 bits per heavy atom. The van der Waals surface area contributed by atoms with Crippen molar-refractivity contribution in [2.75, 3.05) is 46.0 Å². The summed E-state index contributed by atoms with van der Waals surface area (Å²) in [5.74, 6) is 0.401. The summed E-state index contributed by atoms with van der Waals surface area (Å²) in [5.41, 5.74) is 1.01. The smallest absolute Gasteiger partial charge is 0.261 e. The predicted octanol–water partition coefficient (Wildman–Crippen LogP) is 2.82. The minimum atomic E-state index is -0.190. The van der Waals surface area contributed by atoms with Gasteiger partial charge in [-0.15, -0.1) is 24.0 Å². The molecule has 1 aromatic carbocycles. The van der Waals surface area contributed by atoms with Gasteiger partial charge in [0.2, 0.25) is 0 Å². The SMILES string of the molecule is CCNC(=NCCCOCC1CCCO1)NCCCCN1C(=O)c2ccccc2C1=O.I. The maximum atomic E-state index is 12.4. The van der Waals surface area contributed by atoms with Gasteiger partial charge < -0.3 is 20.1 Å². The molecule has 3 rings (SSSR count). The fraction of sp³-hybridized carbons (Fsp3) is 0.609. The van der Waals surface area contributed by atoms with Crippen LogP contribution in [0.4, 0.5) is 0 Å². The highest BCUT2D eigenvalue weighted by Crippen LogP contribution is 2.22. The number of hydrogen-bond acceptors (Lipinski definition) is 5. The number of imide groups is 1. The highest BCUT2D eigenvalue weighted by atomic mass is 127. The first-order valence-electron chi connectivity index (χ1n) is 11.4. The van der Waals surface area contributed by atoms with E-state index in [2.05, 4.69) is 15.6 Å². The van der Waals surface area contributed by atoms with Crippen molar-refractivity contribution in [3.63, 3.8) is 0 Å². The van der Waals surface area contributed by atoms with Crippen LogP contribution in [0, 0.1) is 0 Å². The number of unbranched alkanes of at least 4 members (excludes halogenated alkanes) is 1. The van der Waals surface area contributed by atoms with Crippen molar-refractivity contribution in [2.24, 2.45) is 4.99 Å². The third-order valence-corrected chi connectivity index (χ3v) is 5.37. The Kier molecular flexibility index (Phi) is 12.0. The number of benzene rings is 1. The number of carbonyl (C=O) groups excluding carboxylic acids is 2. The van der Waals surface area contributed by atoms with Crippen LogP contribution in [0.15, 0.2) is 29.3 Å². The van der Waals surface area contributed by atoms with Crippen molar-refractivity contribution >= 4 is 41.8 Å². The third-order valence-electron chi connectivity index (χ3n) is 5.37. The maximum Gasteiger partial charge on any atom is 0.261 e. The molecule has 2 aliphatic rings. The van der Waals surface area contributed by atoms with Gasteiger partial charge in [-0.2, -0.15) is 0 Å². The Bertz CT molecular complexity index is 733. The van der Waals surface area contributed by atoms with Crippen molar-refractivity contribution < 1.29 is 19.1 Å². The molecule has 1 aromatic rings. The lowest BCUT2D eigenvalue weighted by atomic mass is 10.1. The molecule has 1 unspecified atom stereocenters. The average molecular weight is 558 g/mol. The van der Waals surface area contributed by atoms with Gasteiger partial charge in [0, 0.05) is 39.4 Å². The number of aliphatic imine (C=N–C) groups is 1. The Hall–Kier alpha value is -1.72. The van der Waals surface area contributed by atoms with E-state index >= 15 is 0 Å². The Morgan fingerprint density at radius 2 is 1.91 bits per heavy atom. The monoisotopic (exact) mass is 558 g/mol. The lowest BCUT2D eigenvalue weighted by Crippen LogP contribution is -2.38. The summed E-state index contributed by atoms with van der Waals surface area (Å²) < 4.78 is 11.2. The van der Waals surface area contributed by atoms with Crippen molar-refractivity contribution in [2.45, 2.75) is 45.1 Å². The first kappa shape index (κ1) is 26.5. The van der Waals surface area contributed by atoms with Crippen molar-refractivity contribution in [1.29, 1.82) is 0 Å². The molecule has 2 amide bonds. The van der Waals surface area contributed by atoms with E-state index in [1.807, 2.05) is 6.92 Å². The Balaban J connectivity index is 0.00000363. The molecule has 0 spiro atoms. The number of guanidine groups is 1.